The van der Waals surface area contributed by atoms with Crippen molar-refractivity contribution in [1.29, 1.82) is 0 Å². The number of benzene rings is 1. The first-order valence-corrected chi connectivity index (χ1v) is 8.48. The van der Waals surface area contributed by atoms with Crippen LogP contribution in [0.2, 0.25) is 0 Å². The number of nitrogens with one attached hydrogen (secondary N) is 1. The number of likely N-dealkylation sites (N-methyl/N-ethyl adjacent to an activating group) is 1. The molecular formula is C18H24FN5O2. The molecule has 0 radical (unpaired) electrons. The zero-order valence-electron chi connectivity index (χ0n) is 15.5. The molecule has 1 aromatic carbocycles. The maximum Gasteiger partial charge on any atom is 0.321 e. The molecule has 0 spiro atoms. The number of carbonyl (C=O) groups is 1. The third-order valence-electron chi connectivity index (χ3n) is 4.83. The number of anilines is 1. The minimum Gasteiger partial charge on any atom is -0.494 e. The Labute approximate surface area is 152 Å². The van der Waals surface area contributed by atoms with E-state index in [0.717, 1.165) is 17.9 Å². The molecule has 1 saturated heterocycles. The number of hydrogen-bond donors (Lipinski definition) is 1. The van der Waals surface area contributed by atoms with Crippen molar-refractivity contribution >= 4 is 11.7 Å². The molecule has 3 rings (SSSR count). The number of aryl methyl sites for hydroxylation is 2. The van der Waals surface area contributed by atoms with Crippen LogP contribution in [0.25, 0.3) is 0 Å². The number of nitrogens with zero attached hydrogens (tertiary/aromatic N) is 4. The van der Waals surface area contributed by atoms with E-state index in [9.17, 15) is 9.18 Å². The van der Waals surface area contributed by atoms with E-state index in [-0.39, 0.29) is 17.8 Å². The third kappa shape index (κ3) is 3.50. The van der Waals surface area contributed by atoms with Gasteiger partial charge in [0.1, 0.15) is 5.82 Å². The fourth-order valence-corrected chi connectivity index (χ4v) is 3.18. The first-order chi connectivity index (χ1) is 12.4. The Kier molecular flexibility index (Phi) is 5.13. The lowest BCUT2D eigenvalue weighted by Crippen LogP contribution is -2.50. The van der Waals surface area contributed by atoms with Gasteiger partial charge in [-0.15, -0.1) is 0 Å². The van der Waals surface area contributed by atoms with Crippen LogP contribution >= 0.6 is 0 Å². The second-order valence-electron chi connectivity index (χ2n) is 6.57. The van der Waals surface area contributed by atoms with Crippen LogP contribution in [0, 0.1) is 12.7 Å². The summed E-state index contributed by atoms with van der Waals surface area (Å²) in [6, 6.07) is 2.64. The molecule has 1 aliphatic heterocycles. The fourth-order valence-electron chi connectivity index (χ4n) is 3.18. The average molecular weight is 361 g/mol. The lowest BCUT2D eigenvalue weighted by molar-refractivity contribution is 0.110. The summed E-state index contributed by atoms with van der Waals surface area (Å²) in [6.45, 7) is 3.66. The molecule has 7 nitrogen and oxygen atoms in total. The zero-order valence-corrected chi connectivity index (χ0v) is 15.5. The van der Waals surface area contributed by atoms with Gasteiger partial charge in [0.25, 0.3) is 0 Å². The van der Waals surface area contributed by atoms with E-state index < -0.39 is 5.82 Å². The van der Waals surface area contributed by atoms with E-state index in [0.29, 0.717) is 18.8 Å². The Balaban J connectivity index is 1.74. The quantitative estimate of drug-likeness (QED) is 0.912. The Morgan fingerprint density at radius 1 is 1.35 bits per heavy atom. The highest BCUT2D eigenvalue weighted by Crippen LogP contribution is 2.27. The highest BCUT2D eigenvalue weighted by molar-refractivity contribution is 5.90. The van der Waals surface area contributed by atoms with Crippen molar-refractivity contribution in [2.24, 2.45) is 7.05 Å². The monoisotopic (exact) mass is 361 g/mol. The Morgan fingerprint density at radius 3 is 2.77 bits per heavy atom. The molecule has 1 atom stereocenters. The van der Waals surface area contributed by atoms with Gasteiger partial charge >= 0.3 is 6.03 Å². The van der Waals surface area contributed by atoms with Crippen molar-refractivity contribution in [2.45, 2.75) is 13.0 Å². The summed E-state index contributed by atoms with van der Waals surface area (Å²) in [7, 11) is 5.38. The van der Waals surface area contributed by atoms with E-state index in [4.69, 9.17) is 4.74 Å². The largest absolute Gasteiger partial charge is 0.494 e. The smallest absolute Gasteiger partial charge is 0.321 e. The Hall–Kier alpha value is -2.61. The topological polar surface area (TPSA) is 62.6 Å². The van der Waals surface area contributed by atoms with Crippen molar-refractivity contribution in [2.75, 3.05) is 39.1 Å². The second kappa shape index (κ2) is 7.33. The van der Waals surface area contributed by atoms with Crippen LogP contribution < -0.4 is 10.1 Å². The Bertz CT molecular complexity index is 807. The number of piperazine rings is 1. The van der Waals surface area contributed by atoms with E-state index in [2.05, 4.69) is 15.2 Å². The van der Waals surface area contributed by atoms with E-state index >= 15 is 0 Å². The predicted octanol–water partition coefficient (Wildman–Crippen LogP) is 2.40. The van der Waals surface area contributed by atoms with Crippen molar-refractivity contribution in [3.63, 3.8) is 0 Å². The molecule has 0 aliphatic carbocycles. The molecule has 1 N–H and O–H groups in total. The first kappa shape index (κ1) is 18.2. The van der Waals surface area contributed by atoms with Gasteiger partial charge in [-0.2, -0.15) is 0 Å². The number of carbonyl (C=O) groups excluding carboxylic acids is 1. The first-order valence-electron chi connectivity index (χ1n) is 8.48. The van der Waals surface area contributed by atoms with Gasteiger partial charge in [-0.1, -0.05) is 0 Å². The second-order valence-corrected chi connectivity index (χ2v) is 6.57. The molecule has 2 amide bonds. The van der Waals surface area contributed by atoms with Gasteiger partial charge in [0.05, 0.1) is 13.2 Å². The lowest BCUT2D eigenvalue weighted by atomic mass is 10.1. The molecule has 8 heteroatoms. The number of hydrogen-bond acceptors (Lipinski definition) is 4. The number of ether oxygens (including phenoxy) is 1. The van der Waals surface area contributed by atoms with Gasteiger partial charge < -0.3 is 19.5 Å². The van der Waals surface area contributed by atoms with Gasteiger partial charge in [0.2, 0.25) is 0 Å². The van der Waals surface area contributed by atoms with Gasteiger partial charge in [0, 0.05) is 50.8 Å². The van der Waals surface area contributed by atoms with Crippen LogP contribution in [0.4, 0.5) is 14.9 Å². The van der Waals surface area contributed by atoms with Crippen LogP contribution in [0.5, 0.6) is 5.75 Å². The highest BCUT2D eigenvalue weighted by Gasteiger charge is 2.31. The summed E-state index contributed by atoms with van der Waals surface area (Å²) in [5.74, 6) is 0.573. The van der Waals surface area contributed by atoms with Crippen LogP contribution in [0.15, 0.2) is 24.5 Å². The third-order valence-corrected chi connectivity index (χ3v) is 4.83. The number of rotatable bonds is 3. The number of methoxy groups -OCH3 is 1. The van der Waals surface area contributed by atoms with Crippen molar-refractivity contribution < 1.29 is 13.9 Å². The molecule has 2 heterocycles. The lowest BCUT2D eigenvalue weighted by Gasteiger charge is -2.39. The molecule has 1 aliphatic rings. The number of urea groups is 1. The van der Waals surface area contributed by atoms with Crippen molar-refractivity contribution in [1.82, 2.24) is 19.4 Å². The Morgan fingerprint density at radius 2 is 2.12 bits per heavy atom. The van der Waals surface area contributed by atoms with Gasteiger partial charge in [-0.3, -0.25) is 4.90 Å². The van der Waals surface area contributed by atoms with Crippen LogP contribution in [0.3, 0.4) is 0 Å². The number of amides is 2. The molecule has 1 aromatic heterocycles. The van der Waals surface area contributed by atoms with Gasteiger partial charge in [-0.05, 0) is 25.6 Å². The summed E-state index contributed by atoms with van der Waals surface area (Å²) >= 11 is 0. The van der Waals surface area contributed by atoms with Gasteiger partial charge in [0.15, 0.2) is 11.6 Å². The molecule has 0 bridgehead atoms. The summed E-state index contributed by atoms with van der Waals surface area (Å²) in [6.07, 6.45) is 3.65. The number of imidazole rings is 1. The van der Waals surface area contributed by atoms with E-state index in [1.807, 2.05) is 24.9 Å². The molecule has 1 fully saturated rings. The predicted molar refractivity (Wildman–Crippen MR) is 96.9 cm³/mol. The van der Waals surface area contributed by atoms with E-state index in [1.165, 1.54) is 13.2 Å². The van der Waals surface area contributed by atoms with Gasteiger partial charge in [-0.25, -0.2) is 14.2 Å². The maximum atomic E-state index is 14.0. The molecule has 0 saturated carbocycles. The number of aromatic nitrogens is 2. The average Bonchev–Trinajstić information content (AvgIpc) is 3.04. The van der Waals surface area contributed by atoms with Crippen LogP contribution in [0.1, 0.15) is 17.4 Å². The normalized spacial score (nSPS) is 18.0. The summed E-state index contributed by atoms with van der Waals surface area (Å²) in [5, 5.41) is 2.81. The zero-order chi connectivity index (χ0) is 18.8. The molecule has 26 heavy (non-hydrogen) atoms. The SMILES string of the molecule is COc1cc(C)c(NC(=O)N2CCN(C)[C@H](c3nccn3C)C2)cc1F. The maximum absolute atomic E-state index is 14.0. The molecular weight excluding hydrogens is 337 g/mol. The van der Waals surface area contributed by atoms with Crippen molar-refractivity contribution in [3.8, 4) is 5.75 Å². The minimum absolute atomic E-state index is 0.0169. The number of halogens is 1. The highest BCUT2D eigenvalue weighted by atomic mass is 19.1. The molecule has 2 aromatic rings. The van der Waals surface area contributed by atoms with Crippen LogP contribution in [-0.4, -0.2) is 59.2 Å². The standard InChI is InChI=1S/C18H24FN5O2/c1-12-9-16(26-4)13(19)10-14(12)21-18(25)24-8-7-22(2)15(11-24)17-20-5-6-23(17)3/h5-6,9-10,15H,7-8,11H2,1-4H3,(H,21,25)/t15-/m0/s1. The fraction of sp³-hybridized carbons (Fsp3) is 0.444. The van der Waals surface area contributed by atoms with E-state index in [1.54, 1.807) is 24.1 Å². The summed E-state index contributed by atoms with van der Waals surface area (Å²) in [4.78, 5) is 21.0. The van der Waals surface area contributed by atoms with Crippen molar-refractivity contribution in [3.05, 3.63) is 41.7 Å². The summed E-state index contributed by atoms with van der Waals surface area (Å²) < 4.78 is 20.9. The summed E-state index contributed by atoms with van der Waals surface area (Å²) in [5.41, 5.74) is 1.19. The van der Waals surface area contributed by atoms with Crippen LogP contribution in [-0.2, 0) is 7.05 Å². The molecule has 0 unspecified atom stereocenters. The minimum atomic E-state index is -0.502. The molecule has 140 valence electrons.